The molecule has 1 saturated carbocycles. The second-order valence-electron chi connectivity index (χ2n) is 6.14. The highest BCUT2D eigenvalue weighted by molar-refractivity contribution is 7.89. The van der Waals surface area contributed by atoms with Crippen LogP contribution in [0.3, 0.4) is 0 Å². The Morgan fingerprint density at radius 1 is 1.33 bits per heavy atom. The van der Waals surface area contributed by atoms with Crippen LogP contribution in [0.4, 0.5) is 4.39 Å². The molecule has 1 N–H and O–H groups in total. The van der Waals surface area contributed by atoms with E-state index in [1.807, 2.05) is 0 Å². The predicted octanol–water partition coefficient (Wildman–Crippen LogP) is 1.90. The molecular weight excluding hydrogens is 291 g/mol. The summed E-state index contributed by atoms with van der Waals surface area (Å²) in [6.45, 7) is 4.09. The lowest BCUT2D eigenvalue weighted by Crippen LogP contribution is -2.31. The Bertz CT molecular complexity index is 629. The zero-order valence-electron chi connectivity index (χ0n) is 12.2. The zero-order valence-corrected chi connectivity index (χ0v) is 13.0. The Morgan fingerprint density at radius 2 is 2.10 bits per heavy atom. The number of likely N-dealkylation sites (tertiary alicyclic amines) is 1. The summed E-state index contributed by atoms with van der Waals surface area (Å²) >= 11 is 0. The molecule has 1 aromatic carbocycles. The largest absolute Gasteiger partial charge is 0.300 e. The molecule has 0 spiro atoms. The van der Waals surface area contributed by atoms with Gasteiger partial charge in [-0.3, -0.25) is 0 Å². The molecular formula is C15H21FN2O2S. The summed E-state index contributed by atoms with van der Waals surface area (Å²) < 4.78 is 40.4. The first-order valence-corrected chi connectivity index (χ1v) is 8.94. The van der Waals surface area contributed by atoms with Gasteiger partial charge in [-0.15, -0.1) is 0 Å². The molecule has 1 heterocycles. The van der Waals surface area contributed by atoms with Crippen molar-refractivity contribution in [2.45, 2.75) is 37.1 Å². The highest BCUT2D eigenvalue weighted by Crippen LogP contribution is 2.31. The average Bonchev–Trinajstić information content (AvgIpc) is 3.19. The van der Waals surface area contributed by atoms with Crippen LogP contribution in [0.15, 0.2) is 23.1 Å². The maximum atomic E-state index is 13.2. The van der Waals surface area contributed by atoms with Crippen LogP contribution in [0.2, 0.25) is 0 Å². The summed E-state index contributed by atoms with van der Waals surface area (Å²) in [7, 11) is -3.54. The molecule has 1 aromatic rings. The van der Waals surface area contributed by atoms with E-state index >= 15 is 0 Å². The van der Waals surface area contributed by atoms with Gasteiger partial charge in [0.15, 0.2) is 0 Å². The van der Waals surface area contributed by atoms with Crippen LogP contribution in [0.25, 0.3) is 0 Å². The minimum atomic E-state index is -3.54. The van der Waals surface area contributed by atoms with Gasteiger partial charge in [-0.1, -0.05) is 0 Å². The summed E-state index contributed by atoms with van der Waals surface area (Å²) in [5.41, 5.74) is 0.346. The van der Waals surface area contributed by atoms with E-state index < -0.39 is 10.0 Å². The minimum Gasteiger partial charge on any atom is -0.300 e. The van der Waals surface area contributed by atoms with Crippen molar-refractivity contribution in [3.05, 3.63) is 29.6 Å². The fourth-order valence-corrected chi connectivity index (χ4v) is 4.10. The Balaban J connectivity index is 1.59. The molecule has 1 atom stereocenters. The van der Waals surface area contributed by atoms with Crippen molar-refractivity contribution in [3.8, 4) is 0 Å². The van der Waals surface area contributed by atoms with Crippen molar-refractivity contribution < 1.29 is 12.8 Å². The van der Waals surface area contributed by atoms with Crippen LogP contribution in [0.5, 0.6) is 0 Å². The maximum Gasteiger partial charge on any atom is 0.240 e. The Labute approximate surface area is 125 Å². The highest BCUT2D eigenvalue weighted by Gasteiger charge is 2.34. The summed E-state index contributed by atoms with van der Waals surface area (Å²) in [6, 6.07) is 4.64. The van der Waals surface area contributed by atoms with Gasteiger partial charge in [0.25, 0.3) is 0 Å². The number of sulfonamides is 1. The van der Waals surface area contributed by atoms with Gasteiger partial charge in [0.1, 0.15) is 5.82 Å². The van der Waals surface area contributed by atoms with Gasteiger partial charge < -0.3 is 4.90 Å². The molecule has 0 aromatic heterocycles. The van der Waals surface area contributed by atoms with E-state index in [4.69, 9.17) is 0 Å². The van der Waals surface area contributed by atoms with E-state index in [0.717, 1.165) is 25.6 Å². The number of hydrogen-bond donors (Lipinski definition) is 1. The number of nitrogens with one attached hydrogen (secondary N) is 1. The van der Waals surface area contributed by atoms with Gasteiger partial charge in [-0.25, -0.2) is 17.5 Å². The van der Waals surface area contributed by atoms with E-state index in [0.29, 0.717) is 18.0 Å². The molecule has 2 aliphatic rings. The fourth-order valence-electron chi connectivity index (χ4n) is 2.90. The SMILES string of the molecule is Cc1cc(S(=O)(=O)NC[C@H]2CCN(C3CC3)C2)ccc1F. The topological polar surface area (TPSA) is 49.4 Å². The maximum absolute atomic E-state index is 13.2. The molecule has 1 aliphatic carbocycles. The molecule has 0 bridgehead atoms. The van der Waals surface area contributed by atoms with Crippen LogP contribution < -0.4 is 4.72 Å². The number of rotatable bonds is 5. The third kappa shape index (κ3) is 3.44. The number of nitrogens with zero attached hydrogens (tertiary/aromatic N) is 1. The zero-order chi connectivity index (χ0) is 15.0. The Kier molecular flexibility index (Phi) is 4.03. The van der Waals surface area contributed by atoms with Crippen LogP contribution in [-0.2, 0) is 10.0 Å². The second kappa shape index (κ2) is 5.66. The fraction of sp³-hybridized carbons (Fsp3) is 0.600. The predicted molar refractivity (Wildman–Crippen MR) is 79.0 cm³/mol. The summed E-state index contributed by atoms with van der Waals surface area (Å²) in [5.74, 6) is -0.00765. The molecule has 2 fully saturated rings. The Morgan fingerprint density at radius 3 is 2.76 bits per heavy atom. The summed E-state index contributed by atoms with van der Waals surface area (Å²) in [5, 5.41) is 0. The first-order valence-electron chi connectivity index (χ1n) is 7.45. The van der Waals surface area contributed by atoms with E-state index in [1.165, 1.54) is 31.0 Å². The van der Waals surface area contributed by atoms with Crippen molar-refractivity contribution in [2.75, 3.05) is 19.6 Å². The number of hydrogen-bond acceptors (Lipinski definition) is 3. The minimum absolute atomic E-state index is 0.137. The van der Waals surface area contributed by atoms with Crippen LogP contribution in [-0.4, -0.2) is 39.0 Å². The molecule has 1 aliphatic heterocycles. The quantitative estimate of drug-likeness (QED) is 0.903. The van der Waals surface area contributed by atoms with Crippen molar-refractivity contribution >= 4 is 10.0 Å². The molecule has 1 saturated heterocycles. The lowest BCUT2D eigenvalue weighted by Gasteiger charge is -2.15. The third-order valence-corrected chi connectivity index (χ3v) is 5.80. The third-order valence-electron chi connectivity index (χ3n) is 4.38. The lowest BCUT2D eigenvalue weighted by molar-refractivity contribution is 0.314. The first-order chi connectivity index (χ1) is 9.95. The summed E-state index contributed by atoms with van der Waals surface area (Å²) in [4.78, 5) is 2.60. The average molecular weight is 312 g/mol. The lowest BCUT2D eigenvalue weighted by atomic mass is 10.1. The number of halogens is 1. The van der Waals surface area contributed by atoms with E-state index in [2.05, 4.69) is 9.62 Å². The molecule has 0 unspecified atom stereocenters. The Hall–Kier alpha value is -0.980. The standard InChI is InChI=1S/C15H21FN2O2S/c1-11-8-14(4-5-15(11)16)21(19,20)17-9-12-6-7-18(10-12)13-2-3-13/h4-5,8,12-13,17H,2-3,6-7,9-10H2,1H3/t12-/m1/s1. The van der Waals surface area contributed by atoms with Gasteiger partial charge in [0.05, 0.1) is 4.90 Å². The van der Waals surface area contributed by atoms with E-state index in [-0.39, 0.29) is 10.7 Å². The molecule has 6 heteroatoms. The first kappa shape index (κ1) is 14.9. The van der Waals surface area contributed by atoms with Crippen LogP contribution in [0.1, 0.15) is 24.8 Å². The molecule has 3 rings (SSSR count). The van der Waals surface area contributed by atoms with E-state index in [9.17, 15) is 12.8 Å². The van der Waals surface area contributed by atoms with Gasteiger partial charge in [0, 0.05) is 19.1 Å². The normalized spacial score (nSPS) is 23.6. The van der Waals surface area contributed by atoms with Crippen molar-refractivity contribution in [2.24, 2.45) is 5.92 Å². The number of benzene rings is 1. The molecule has 21 heavy (non-hydrogen) atoms. The van der Waals surface area contributed by atoms with Crippen LogP contribution >= 0.6 is 0 Å². The molecule has 4 nitrogen and oxygen atoms in total. The van der Waals surface area contributed by atoms with Crippen molar-refractivity contribution in [1.29, 1.82) is 0 Å². The monoisotopic (exact) mass is 312 g/mol. The van der Waals surface area contributed by atoms with Gasteiger partial charge >= 0.3 is 0 Å². The highest BCUT2D eigenvalue weighted by atomic mass is 32.2. The molecule has 116 valence electrons. The van der Waals surface area contributed by atoms with Crippen molar-refractivity contribution in [1.82, 2.24) is 9.62 Å². The van der Waals surface area contributed by atoms with E-state index in [1.54, 1.807) is 6.92 Å². The van der Waals surface area contributed by atoms with Gasteiger partial charge in [-0.05, 0) is 62.4 Å². The van der Waals surface area contributed by atoms with Crippen molar-refractivity contribution in [3.63, 3.8) is 0 Å². The second-order valence-corrected chi connectivity index (χ2v) is 7.91. The summed E-state index contributed by atoms with van der Waals surface area (Å²) in [6.07, 6.45) is 3.61. The number of aryl methyl sites for hydroxylation is 1. The molecule has 0 amide bonds. The van der Waals surface area contributed by atoms with Gasteiger partial charge in [-0.2, -0.15) is 0 Å². The van der Waals surface area contributed by atoms with Crippen LogP contribution in [0, 0.1) is 18.7 Å². The molecule has 0 radical (unpaired) electrons. The van der Waals surface area contributed by atoms with Gasteiger partial charge in [0.2, 0.25) is 10.0 Å². The smallest absolute Gasteiger partial charge is 0.240 e.